The molecule has 4 heteroatoms. The molecular formula is C10H14IN3. The van der Waals surface area contributed by atoms with Gasteiger partial charge in [-0.25, -0.2) is 9.97 Å². The molecule has 1 aromatic rings. The van der Waals surface area contributed by atoms with E-state index in [2.05, 4.69) is 39.5 Å². The Morgan fingerprint density at radius 3 is 2.64 bits per heavy atom. The van der Waals surface area contributed by atoms with E-state index in [1.165, 1.54) is 6.42 Å². The number of rotatable bonds is 1. The Kier molecular flexibility index (Phi) is 2.74. The van der Waals surface area contributed by atoms with E-state index in [4.69, 9.17) is 5.73 Å². The maximum Gasteiger partial charge on any atom is 0.148 e. The zero-order valence-corrected chi connectivity index (χ0v) is 10.4. The summed E-state index contributed by atoms with van der Waals surface area (Å²) in [4.78, 5) is 8.65. The number of nitrogens with two attached hydrogens (primary N) is 1. The van der Waals surface area contributed by atoms with Crippen molar-refractivity contribution in [3.63, 3.8) is 0 Å². The van der Waals surface area contributed by atoms with E-state index in [9.17, 15) is 0 Å². The fraction of sp³-hybridized carbons (Fsp3) is 0.600. The van der Waals surface area contributed by atoms with Crippen LogP contribution in [0.2, 0.25) is 0 Å². The topological polar surface area (TPSA) is 51.8 Å². The molecule has 0 spiro atoms. The van der Waals surface area contributed by atoms with Gasteiger partial charge in [0.25, 0.3) is 0 Å². The lowest BCUT2D eigenvalue weighted by Crippen LogP contribution is -2.35. The molecule has 1 aromatic heterocycles. The first-order valence-corrected chi connectivity index (χ1v) is 5.95. The van der Waals surface area contributed by atoms with Crippen molar-refractivity contribution in [2.75, 3.05) is 0 Å². The van der Waals surface area contributed by atoms with Crippen LogP contribution < -0.4 is 5.73 Å². The predicted molar refractivity (Wildman–Crippen MR) is 63.6 cm³/mol. The monoisotopic (exact) mass is 303 g/mol. The lowest BCUT2D eigenvalue weighted by atomic mass is 9.97. The number of aromatic nitrogens is 2. The second-order valence-corrected chi connectivity index (χ2v) is 5.47. The van der Waals surface area contributed by atoms with E-state index in [0.717, 1.165) is 22.2 Å². The van der Waals surface area contributed by atoms with Crippen LogP contribution in [0.25, 0.3) is 0 Å². The van der Waals surface area contributed by atoms with Crippen LogP contribution in [0.1, 0.15) is 32.0 Å². The average Bonchev–Trinajstić information content (AvgIpc) is 2.48. The molecule has 14 heavy (non-hydrogen) atoms. The van der Waals surface area contributed by atoms with Gasteiger partial charge in [0.2, 0.25) is 0 Å². The average molecular weight is 303 g/mol. The van der Waals surface area contributed by atoms with E-state index in [1.54, 1.807) is 0 Å². The van der Waals surface area contributed by atoms with Crippen LogP contribution in [0.15, 0.2) is 12.4 Å². The number of nitrogens with zero attached hydrogens (tertiary/aromatic N) is 2. The molecule has 2 atom stereocenters. The fourth-order valence-electron chi connectivity index (χ4n) is 2.10. The predicted octanol–water partition coefficient (Wildman–Crippen LogP) is 2.06. The van der Waals surface area contributed by atoms with Crippen molar-refractivity contribution in [1.29, 1.82) is 0 Å². The maximum absolute atomic E-state index is 6.29. The largest absolute Gasteiger partial charge is 0.319 e. The van der Waals surface area contributed by atoms with Gasteiger partial charge in [0.1, 0.15) is 5.82 Å². The van der Waals surface area contributed by atoms with Gasteiger partial charge in [0, 0.05) is 16.0 Å². The molecule has 76 valence electrons. The highest BCUT2D eigenvalue weighted by Crippen LogP contribution is 2.37. The molecule has 1 aliphatic carbocycles. The second kappa shape index (κ2) is 3.73. The summed E-state index contributed by atoms with van der Waals surface area (Å²) in [5.74, 6) is 1.50. The van der Waals surface area contributed by atoms with Gasteiger partial charge in [-0.05, 0) is 47.8 Å². The standard InChI is InChI=1S/C10H14IN3/c1-7-2-3-10(12,4-7)9-13-5-8(11)6-14-9/h5-7H,2-4,12H2,1H3. The molecule has 0 bridgehead atoms. The first-order chi connectivity index (χ1) is 6.60. The Hall–Kier alpha value is -0.230. The highest BCUT2D eigenvalue weighted by atomic mass is 127. The highest BCUT2D eigenvalue weighted by molar-refractivity contribution is 14.1. The third-order valence-corrected chi connectivity index (χ3v) is 3.42. The summed E-state index contributed by atoms with van der Waals surface area (Å²) in [7, 11) is 0. The molecule has 1 fully saturated rings. The summed E-state index contributed by atoms with van der Waals surface area (Å²) < 4.78 is 1.06. The third kappa shape index (κ3) is 1.91. The van der Waals surface area contributed by atoms with Gasteiger partial charge in [-0.15, -0.1) is 0 Å². The van der Waals surface area contributed by atoms with E-state index in [-0.39, 0.29) is 5.54 Å². The maximum atomic E-state index is 6.29. The summed E-state index contributed by atoms with van der Waals surface area (Å²) in [6.45, 7) is 2.24. The van der Waals surface area contributed by atoms with Gasteiger partial charge >= 0.3 is 0 Å². The van der Waals surface area contributed by atoms with Crippen molar-refractivity contribution in [2.45, 2.75) is 31.7 Å². The van der Waals surface area contributed by atoms with Crippen molar-refractivity contribution in [3.05, 3.63) is 21.8 Å². The first-order valence-electron chi connectivity index (χ1n) is 4.87. The minimum absolute atomic E-state index is 0.274. The summed E-state index contributed by atoms with van der Waals surface area (Å²) >= 11 is 2.20. The Bertz CT molecular complexity index is 325. The van der Waals surface area contributed by atoms with Crippen LogP contribution in [-0.2, 0) is 5.54 Å². The number of halogens is 1. The van der Waals surface area contributed by atoms with E-state index in [1.807, 2.05) is 12.4 Å². The van der Waals surface area contributed by atoms with Crippen LogP contribution >= 0.6 is 22.6 Å². The van der Waals surface area contributed by atoms with Gasteiger partial charge in [-0.1, -0.05) is 6.92 Å². The van der Waals surface area contributed by atoms with E-state index in [0.29, 0.717) is 5.92 Å². The van der Waals surface area contributed by atoms with Crippen molar-refractivity contribution < 1.29 is 0 Å². The van der Waals surface area contributed by atoms with Gasteiger partial charge in [-0.3, -0.25) is 0 Å². The van der Waals surface area contributed by atoms with Crippen molar-refractivity contribution >= 4 is 22.6 Å². The third-order valence-electron chi connectivity index (χ3n) is 2.86. The normalized spacial score (nSPS) is 32.1. The van der Waals surface area contributed by atoms with Gasteiger partial charge in [0.15, 0.2) is 0 Å². The molecule has 1 saturated carbocycles. The fourth-order valence-corrected chi connectivity index (χ4v) is 2.38. The molecule has 0 radical (unpaired) electrons. The summed E-state index contributed by atoms with van der Waals surface area (Å²) in [6.07, 6.45) is 6.87. The van der Waals surface area contributed by atoms with Crippen LogP contribution in [0.5, 0.6) is 0 Å². The SMILES string of the molecule is CC1CCC(N)(c2ncc(I)cn2)C1. The van der Waals surface area contributed by atoms with Crippen molar-refractivity contribution in [1.82, 2.24) is 9.97 Å². The van der Waals surface area contributed by atoms with Crippen molar-refractivity contribution in [2.24, 2.45) is 11.7 Å². The molecule has 3 nitrogen and oxygen atoms in total. The summed E-state index contributed by atoms with van der Waals surface area (Å²) in [5, 5.41) is 0. The molecule has 0 aromatic carbocycles. The molecule has 1 aliphatic rings. The molecule has 0 amide bonds. The Labute approximate surface area is 97.7 Å². The number of hydrogen-bond donors (Lipinski definition) is 1. The zero-order chi connectivity index (χ0) is 10.2. The molecule has 2 unspecified atom stereocenters. The molecule has 0 aliphatic heterocycles. The van der Waals surface area contributed by atoms with Gasteiger partial charge in [0.05, 0.1) is 5.54 Å². The summed E-state index contributed by atoms with van der Waals surface area (Å²) in [6, 6.07) is 0. The van der Waals surface area contributed by atoms with Crippen LogP contribution in [0.4, 0.5) is 0 Å². The summed E-state index contributed by atoms with van der Waals surface area (Å²) in [5.41, 5.74) is 6.02. The molecule has 2 N–H and O–H groups in total. The molecular weight excluding hydrogens is 289 g/mol. The first kappa shape index (κ1) is 10.3. The highest BCUT2D eigenvalue weighted by Gasteiger charge is 2.37. The second-order valence-electron chi connectivity index (χ2n) is 4.23. The Morgan fingerprint density at radius 2 is 2.14 bits per heavy atom. The zero-order valence-electron chi connectivity index (χ0n) is 8.20. The Balaban J connectivity index is 2.26. The van der Waals surface area contributed by atoms with Gasteiger partial charge < -0.3 is 5.73 Å². The molecule has 0 saturated heterocycles. The van der Waals surface area contributed by atoms with E-state index >= 15 is 0 Å². The minimum atomic E-state index is -0.274. The van der Waals surface area contributed by atoms with Crippen LogP contribution in [-0.4, -0.2) is 9.97 Å². The lowest BCUT2D eigenvalue weighted by molar-refractivity contribution is 0.413. The molecule has 2 rings (SSSR count). The molecule has 1 heterocycles. The van der Waals surface area contributed by atoms with Gasteiger partial charge in [-0.2, -0.15) is 0 Å². The number of hydrogen-bond acceptors (Lipinski definition) is 3. The van der Waals surface area contributed by atoms with E-state index < -0.39 is 0 Å². The van der Waals surface area contributed by atoms with Crippen LogP contribution in [0.3, 0.4) is 0 Å². The lowest BCUT2D eigenvalue weighted by Gasteiger charge is -2.21. The quantitative estimate of drug-likeness (QED) is 0.808. The van der Waals surface area contributed by atoms with Crippen molar-refractivity contribution in [3.8, 4) is 0 Å². The Morgan fingerprint density at radius 1 is 1.50 bits per heavy atom. The minimum Gasteiger partial charge on any atom is -0.319 e. The van der Waals surface area contributed by atoms with Crippen LogP contribution in [0, 0.1) is 9.49 Å². The smallest absolute Gasteiger partial charge is 0.148 e.